The Balaban J connectivity index is 1.98. The van der Waals surface area contributed by atoms with E-state index in [1.165, 1.54) is 11.0 Å². The third-order valence-electron chi connectivity index (χ3n) is 3.59. The number of nitrogens with zero attached hydrogens (tertiary/aromatic N) is 1. The molecule has 0 unspecified atom stereocenters. The summed E-state index contributed by atoms with van der Waals surface area (Å²) >= 11 is 11.1. The van der Waals surface area contributed by atoms with Crippen LogP contribution < -0.4 is 15.0 Å². The summed E-state index contributed by atoms with van der Waals surface area (Å²) in [7, 11) is 1.56. The lowest BCUT2D eigenvalue weighted by atomic mass is 10.1. The first-order chi connectivity index (χ1) is 12.0. The van der Waals surface area contributed by atoms with Crippen LogP contribution in [0.4, 0.5) is 5.69 Å². The number of carbonyl (C=O) groups is 2. The fraction of sp³-hybridized carbons (Fsp3) is 0.0556. The molecule has 0 atom stereocenters. The van der Waals surface area contributed by atoms with Gasteiger partial charge in [0.05, 0.1) is 12.8 Å². The van der Waals surface area contributed by atoms with Crippen LogP contribution >= 0.6 is 23.8 Å². The second kappa shape index (κ2) is 7.04. The summed E-state index contributed by atoms with van der Waals surface area (Å²) in [6.07, 6.45) is 1.51. The molecule has 0 aromatic heterocycles. The van der Waals surface area contributed by atoms with Crippen LogP contribution in [0, 0.1) is 0 Å². The normalized spacial score (nSPS) is 16.2. The molecule has 5 nitrogen and oxygen atoms in total. The van der Waals surface area contributed by atoms with E-state index in [2.05, 4.69) is 5.32 Å². The number of benzene rings is 2. The standard InChI is InChI=1S/C18H13ClN2O3S/c1-24-14-7-5-11(6-8-14)9-15-16(22)20-18(25)21(17(15)23)13-4-2-3-12(19)10-13/h2-10H,1H3,(H,20,22,25)/b15-9-. The quantitative estimate of drug-likeness (QED) is 0.510. The van der Waals surface area contributed by atoms with Gasteiger partial charge < -0.3 is 4.74 Å². The average Bonchev–Trinajstić information content (AvgIpc) is 2.59. The number of hydrogen-bond acceptors (Lipinski definition) is 4. The predicted molar refractivity (Wildman–Crippen MR) is 101 cm³/mol. The lowest BCUT2D eigenvalue weighted by Crippen LogP contribution is -2.54. The highest BCUT2D eigenvalue weighted by Crippen LogP contribution is 2.25. The molecule has 0 aliphatic carbocycles. The number of anilines is 1. The van der Waals surface area contributed by atoms with Crippen LogP contribution in [0.3, 0.4) is 0 Å². The lowest BCUT2D eigenvalue weighted by molar-refractivity contribution is -0.122. The van der Waals surface area contributed by atoms with Crippen molar-refractivity contribution in [3.8, 4) is 5.75 Å². The van der Waals surface area contributed by atoms with Crippen LogP contribution in [0.1, 0.15) is 5.56 Å². The molecule has 1 heterocycles. The Morgan fingerprint density at radius 3 is 2.52 bits per heavy atom. The van der Waals surface area contributed by atoms with E-state index in [0.29, 0.717) is 22.0 Å². The maximum absolute atomic E-state index is 12.8. The summed E-state index contributed by atoms with van der Waals surface area (Å²) in [5.74, 6) is -0.362. The molecule has 25 heavy (non-hydrogen) atoms. The van der Waals surface area contributed by atoms with Crippen LogP contribution in [0.15, 0.2) is 54.1 Å². The van der Waals surface area contributed by atoms with E-state index in [1.807, 2.05) is 0 Å². The molecular weight excluding hydrogens is 360 g/mol. The Morgan fingerprint density at radius 1 is 1.16 bits per heavy atom. The fourth-order valence-electron chi connectivity index (χ4n) is 2.37. The zero-order valence-electron chi connectivity index (χ0n) is 13.2. The molecule has 1 fully saturated rings. The molecule has 126 valence electrons. The van der Waals surface area contributed by atoms with Crippen molar-refractivity contribution in [1.82, 2.24) is 5.32 Å². The molecule has 3 rings (SSSR count). The molecule has 1 saturated heterocycles. The van der Waals surface area contributed by atoms with Crippen LogP contribution in [-0.4, -0.2) is 24.0 Å². The summed E-state index contributed by atoms with van der Waals surface area (Å²) in [5, 5.41) is 3.01. The third kappa shape index (κ3) is 3.55. The second-order valence-electron chi connectivity index (χ2n) is 5.21. The highest BCUT2D eigenvalue weighted by atomic mass is 35.5. The average molecular weight is 373 g/mol. The highest BCUT2D eigenvalue weighted by Gasteiger charge is 2.34. The van der Waals surface area contributed by atoms with Crippen molar-refractivity contribution in [1.29, 1.82) is 0 Å². The van der Waals surface area contributed by atoms with Gasteiger partial charge in [0.1, 0.15) is 11.3 Å². The van der Waals surface area contributed by atoms with E-state index in [9.17, 15) is 9.59 Å². The minimum Gasteiger partial charge on any atom is -0.497 e. The van der Waals surface area contributed by atoms with Crippen LogP contribution in [-0.2, 0) is 9.59 Å². The van der Waals surface area contributed by atoms with Crippen molar-refractivity contribution < 1.29 is 14.3 Å². The Kier molecular flexibility index (Phi) is 4.83. The van der Waals surface area contributed by atoms with Crippen molar-refractivity contribution in [3.63, 3.8) is 0 Å². The molecule has 1 aliphatic rings. The maximum Gasteiger partial charge on any atom is 0.270 e. The molecule has 0 bridgehead atoms. The summed E-state index contributed by atoms with van der Waals surface area (Å²) in [5.41, 5.74) is 1.17. The first kappa shape index (κ1) is 17.1. The maximum atomic E-state index is 12.8. The second-order valence-corrected chi connectivity index (χ2v) is 6.03. The number of carbonyl (C=O) groups excluding carboxylic acids is 2. The van der Waals surface area contributed by atoms with E-state index in [4.69, 9.17) is 28.6 Å². The van der Waals surface area contributed by atoms with Gasteiger partial charge in [-0.05, 0) is 54.2 Å². The van der Waals surface area contributed by atoms with Crippen molar-refractivity contribution in [3.05, 3.63) is 64.7 Å². The first-order valence-electron chi connectivity index (χ1n) is 7.30. The Morgan fingerprint density at radius 2 is 1.88 bits per heavy atom. The van der Waals surface area contributed by atoms with Crippen molar-refractivity contribution in [2.75, 3.05) is 12.0 Å². The van der Waals surface area contributed by atoms with Gasteiger partial charge in [-0.15, -0.1) is 0 Å². The van der Waals surface area contributed by atoms with Crippen LogP contribution in [0.5, 0.6) is 5.75 Å². The molecule has 0 saturated carbocycles. The van der Waals surface area contributed by atoms with Crippen LogP contribution in [0.2, 0.25) is 5.02 Å². The smallest absolute Gasteiger partial charge is 0.270 e. The lowest BCUT2D eigenvalue weighted by Gasteiger charge is -2.29. The monoisotopic (exact) mass is 372 g/mol. The fourth-order valence-corrected chi connectivity index (χ4v) is 2.84. The van der Waals surface area contributed by atoms with E-state index >= 15 is 0 Å². The number of nitrogens with one attached hydrogen (secondary N) is 1. The minimum atomic E-state index is -0.538. The molecule has 2 amide bonds. The molecule has 0 radical (unpaired) electrons. The highest BCUT2D eigenvalue weighted by molar-refractivity contribution is 7.80. The Bertz CT molecular complexity index is 893. The van der Waals surface area contributed by atoms with Crippen molar-refractivity contribution in [2.24, 2.45) is 0 Å². The summed E-state index contributed by atoms with van der Waals surface area (Å²) in [4.78, 5) is 26.3. The SMILES string of the molecule is COc1ccc(/C=C2/C(=O)NC(=S)N(c3cccc(Cl)c3)C2=O)cc1. The van der Waals surface area contributed by atoms with E-state index in [0.717, 1.165) is 0 Å². The van der Waals surface area contributed by atoms with Gasteiger partial charge in [-0.25, -0.2) is 0 Å². The number of thiocarbonyl (C=S) groups is 1. The van der Waals surface area contributed by atoms with Gasteiger partial charge in [0, 0.05) is 5.02 Å². The zero-order chi connectivity index (χ0) is 18.0. The minimum absolute atomic E-state index is 0.0151. The Labute approximate surface area is 154 Å². The Hall–Kier alpha value is -2.70. The number of rotatable bonds is 3. The number of amides is 2. The topological polar surface area (TPSA) is 58.6 Å². The molecule has 7 heteroatoms. The van der Waals surface area contributed by atoms with E-state index < -0.39 is 11.8 Å². The van der Waals surface area contributed by atoms with Gasteiger partial charge in [0.25, 0.3) is 11.8 Å². The zero-order valence-corrected chi connectivity index (χ0v) is 14.7. The molecule has 2 aromatic carbocycles. The van der Waals surface area contributed by atoms with Crippen LogP contribution in [0.25, 0.3) is 6.08 Å². The molecule has 1 aliphatic heterocycles. The van der Waals surface area contributed by atoms with Gasteiger partial charge in [0.2, 0.25) is 0 Å². The summed E-state index contributed by atoms with van der Waals surface area (Å²) in [6, 6.07) is 13.7. The number of halogens is 1. The molecule has 1 N–H and O–H groups in total. The summed E-state index contributed by atoms with van der Waals surface area (Å²) in [6.45, 7) is 0. The molecular formula is C18H13ClN2O3S. The summed E-state index contributed by atoms with van der Waals surface area (Å²) < 4.78 is 5.10. The van der Waals surface area contributed by atoms with Gasteiger partial charge in [-0.1, -0.05) is 29.8 Å². The van der Waals surface area contributed by atoms with E-state index in [1.54, 1.807) is 55.6 Å². The van der Waals surface area contributed by atoms with Gasteiger partial charge in [-0.2, -0.15) is 0 Å². The van der Waals surface area contributed by atoms with Gasteiger partial charge >= 0.3 is 0 Å². The molecule has 2 aromatic rings. The number of ether oxygens (including phenoxy) is 1. The van der Waals surface area contributed by atoms with Gasteiger partial charge in [-0.3, -0.25) is 19.8 Å². The van der Waals surface area contributed by atoms with Crippen molar-refractivity contribution in [2.45, 2.75) is 0 Å². The predicted octanol–water partition coefficient (Wildman–Crippen LogP) is 3.18. The third-order valence-corrected chi connectivity index (χ3v) is 4.11. The van der Waals surface area contributed by atoms with Gasteiger partial charge in [0.15, 0.2) is 5.11 Å². The van der Waals surface area contributed by atoms with Crippen molar-refractivity contribution >= 4 is 52.5 Å². The number of methoxy groups -OCH3 is 1. The molecule has 0 spiro atoms. The number of hydrogen-bond donors (Lipinski definition) is 1. The first-order valence-corrected chi connectivity index (χ1v) is 8.09. The largest absolute Gasteiger partial charge is 0.497 e. The van der Waals surface area contributed by atoms with E-state index in [-0.39, 0.29) is 10.7 Å².